The predicted octanol–water partition coefficient (Wildman–Crippen LogP) is 4.81. The number of ether oxygens (including phenoxy) is 5. The first-order valence-electron chi connectivity index (χ1n) is 11.2. The van der Waals surface area contributed by atoms with Gasteiger partial charge in [-0.2, -0.15) is 0 Å². The zero-order valence-corrected chi connectivity index (χ0v) is 17.8. The van der Waals surface area contributed by atoms with E-state index in [9.17, 15) is 0 Å². The minimum atomic E-state index is -0.413. The van der Waals surface area contributed by atoms with Gasteiger partial charge in [-0.15, -0.1) is 0 Å². The van der Waals surface area contributed by atoms with E-state index < -0.39 is 5.79 Å². The summed E-state index contributed by atoms with van der Waals surface area (Å²) in [6.07, 6.45) is 11.4. The average Bonchev–Trinajstić information content (AvgIpc) is 2.98. The van der Waals surface area contributed by atoms with Crippen molar-refractivity contribution in [2.45, 2.75) is 121 Å². The van der Waals surface area contributed by atoms with Gasteiger partial charge < -0.3 is 23.7 Å². The Morgan fingerprint density at radius 3 is 2.26 bits per heavy atom. The van der Waals surface area contributed by atoms with Gasteiger partial charge >= 0.3 is 0 Å². The zero-order chi connectivity index (χ0) is 19.3. The van der Waals surface area contributed by atoms with Crippen molar-refractivity contribution >= 4 is 0 Å². The Labute approximate surface area is 165 Å². The zero-order valence-electron chi connectivity index (χ0n) is 17.8. The summed E-state index contributed by atoms with van der Waals surface area (Å²) in [6.45, 7) is 6.74. The molecule has 27 heavy (non-hydrogen) atoms. The molecule has 1 saturated heterocycles. The molecule has 3 rings (SSSR count). The molecular weight excluding hydrogens is 344 g/mol. The van der Waals surface area contributed by atoms with Crippen LogP contribution in [0, 0.1) is 5.92 Å². The van der Waals surface area contributed by atoms with E-state index in [1.807, 2.05) is 21.0 Å². The molecule has 3 fully saturated rings. The van der Waals surface area contributed by atoms with Crippen molar-refractivity contribution in [2.24, 2.45) is 5.92 Å². The van der Waals surface area contributed by atoms with E-state index in [1.54, 1.807) is 0 Å². The Morgan fingerprint density at radius 1 is 0.963 bits per heavy atom. The van der Waals surface area contributed by atoms with Gasteiger partial charge in [0.25, 0.3) is 0 Å². The molecule has 0 aromatic rings. The fraction of sp³-hybridized carbons (Fsp3) is 1.00. The molecule has 5 heteroatoms. The normalized spacial score (nSPS) is 32.4. The summed E-state index contributed by atoms with van der Waals surface area (Å²) in [7, 11) is 1.82. The van der Waals surface area contributed by atoms with Crippen LogP contribution >= 0.6 is 0 Å². The SMILES string of the molecule is CCOC(C)OC(C(OC)C1CCCCC1)C1OC2(CCCCC2)OC1C. The maximum atomic E-state index is 6.63. The van der Waals surface area contributed by atoms with Crippen molar-refractivity contribution in [3.63, 3.8) is 0 Å². The first kappa shape index (κ1) is 21.5. The minimum absolute atomic E-state index is 0.00293. The van der Waals surface area contributed by atoms with E-state index in [0.29, 0.717) is 12.5 Å². The summed E-state index contributed by atoms with van der Waals surface area (Å²) in [5.41, 5.74) is 0. The van der Waals surface area contributed by atoms with Crippen LogP contribution in [0.5, 0.6) is 0 Å². The smallest absolute Gasteiger partial charge is 0.169 e. The highest BCUT2D eigenvalue weighted by atomic mass is 16.8. The van der Waals surface area contributed by atoms with Gasteiger partial charge in [-0.25, -0.2) is 0 Å². The second-order valence-electron chi connectivity index (χ2n) is 8.60. The second kappa shape index (κ2) is 10.0. The van der Waals surface area contributed by atoms with Crippen molar-refractivity contribution < 1.29 is 23.7 Å². The van der Waals surface area contributed by atoms with E-state index in [0.717, 1.165) is 12.8 Å². The quantitative estimate of drug-likeness (QED) is 0.562. The molecular formula is C22H40O5. The largest absolute Gasteiger partial charge is 0.378 e. The molecule has 5 atom stereocenters. The van der Waals surface area contributed by atoms with Crippen molar-refractivity contribution in [3.05, 3.63) is 0 Å². The van der Waals surface area contributed by atoms with Crippen LogP contribution in [0.15, 0.2) is 0 Å². The van der Waals surface area contributed by atoms with Crippen LogP contribution in [0.4, 0.5) is 0 Å². The van der Waals surface area contributed by atoms with Crippen molar-refractivity contribution in [2.75, 3.05) is 13.7 Å². The Balaban J connectivity index is 1.77. The fourth-order valence-electron chi connectivity index (χ4n) is 5.33. The molecule has 0 bridgehead atoms. The summed E-state index contributed by atoms with van der Waals surface area (Å²) in [6, 6.07) is 0. The Kier molecular flexibility index (Phi) is 7.98. The fourth-order valence-corrected chi connectivity index (χ4v) is 5.33. The first-order chi connectivity index (χ1) is 13.1. The van der Waals surface area contributed by atoms with Crippen LogP contribution in [0.25, 0.3) is 0 Å². The number of hydrogen-bond donors (Lipinski definition) is 0. The van der Waals surface area contributed by atoms with E-state index >= 15 is 0 Å². The van der Waals surface area contributed by atoms with Gasteiger partial charge in [-0.1, -0.05) is 25.7 Å². The van der Waals surface area contributed by atoms with E-state index in [1.165, 1.54) is 51.4 Å². The highest BCUT2D eigenvalue weighted by Crippen LogP contribution is 2.43. The second-order valence-corrected chi connectivity index (χ2v) is 8.60. The summed E-state index contributed by atoms with van der Waals surface area (Å²) in [4.78, 5) is 0. The highest BCUT2D eigenvalue weighted by Gasteiger charge is 2.52. The molecule has 158 valence electrons. The summed E-state index contributed by atoms with van der Waals surface area (Å²) < 4.78 is 31.2. The first-order valence-corrected chi connectivity index (χ1v) is 11.2. The molecule has 0 aromatic carbocycles. The number of methoxy groups -OCH3 is 1. The summed E-state index contributed by atoms with van der Waals surface area (Å²) in [5.74, 6) is 0.102. The lowest BCUT2D eigenvalue weighted by atomic mass is 9.81. The predicted molar refractivity (Wildman–Crippen MR) is 105 cm³/mol. The maximum absolute atomic E-state index is 6.63. The average molecular weight is 385 g/mol. The molecule has 1 aliphatic heterocycles. The maximum Gasteiger partial charge on any atom is 0.169 e. The third-order valence-corrected chi connectivity index (χ3v) is 6.61. The van der Waals surface area contributed by atoms with E-state index in [4.69, 9.17) is 23.7 Å². The van der Waals surface area contributed by atoms with Crippen LogP contribution < -0.4 is 0 Å². The van der Waals surface area contributed by atoms with Crippen LogP contribution in [0.2, 0.25) is 0 Å². The molecule has 0 aromatic heterocycles. The lowest BCUT2D eigenvalue weighted by molar-refractivity contribution is -0.242. The van der Waals surface area contributed by atoms with Gasteiger partial charge in [0.1, 0.15) is 12.2 Å². The summed E-state index contributed by atoms with van der Waals surface area (Å²) >= 11 is 0. The molecule has 2 saturated carbocycles. The van der Waals surface area contributed by atoms with Crippen LogP contribution in [-0.2, 0) is 23.7 Å². The number of hydrogen-bond acceptors (Lipinski definition) is 5. The van der Waals surface area contributed by atoms with Gasteiger partial charge in [0.05, 0.1) is 12.2 Å². The van der Waals surface area contributed by atoms with Gasteiger partial charge in [-0.05, 0) is 52.4 Å². The highest BCUT2D eigenvalue weighted by molar-refractivity contribution is 4.95. The van der Waals surface area contributed by atoms with E-state index in [-0.39, 0.29) is 30.7 Å². The molecule has 3 aliphatic rings. The molecule has 5 nitrogen and oxygen atoms in total. The summed E-state index contributed by atoms with van der Waals surface area (Å²) in [5, 5.41) is 0. The topological polar surface area (TPSA) is 46.2 Å². The molecule has 5 unspecified atom stereocenters. The van der Waals surface area contributed by atoms with Crippen LogP contribution in [-0.4, -0.2) is 50.2 Å². The Morgan fingerprint density at radius 2 is 1.63 bits per heavy atom. The van der Waals surface area contributed by atoms with Gasteiger partial charge in [0.15, 0.2) is 12.1 Å². The van der Waals surface area contributed by atoms with Crippen molar-refractivity contribution in [3.8, 4) is 0 Å². The third kappa shape index (κ3) is 5.24. The Bertz CT molecular complexity index is 430. The standard InChI is InChI=1S/C22H40O5/c1-5-24-17(3)25-21(20(23-4)18-12-8-6-9-13-18)19-16(2)26-22(27-19)14-10-7-11-15-22/h16-21H,5-15H2,1-4H3. The molecule has 0 radical (unpaired) electrons. The molecule has 0 N–H and O–H groups in total. The number of rotatable bonds is 8. The molecule has 1 spiro atoms. The van der Waals surface area contributed by atoms with Crippen molar-refractivity contribution in [1.82, 2.24) is 0 Å². The lowest BCUT2D eigenvalue weighted by Crippen LogP contribution is -2.50. The molecule has 2 aliphatic carbocycles. The van der Waals surface area contributed by atoms with Crippen LogP contribution in [0.1, 0.15) is 85.0 Å². The third-order valence-electron chi connectivity index (χ3n) is 6.61. The monoisotopic (exact) mass is 384 g/mol. The Hall–Kier alpha value is -0.200. The minimum Gasteiger partial charge on any atom is -0.378 e. The van der Waals surface area contributed by atoms with Crippen LogP contribution in [0.3, 0.4) is 0 Å². The van der Waals surface area contributed by atoms with Gasteiger partial charge in [0.2, 0.25) is 0 Å². The van der Waals surface area contributed by atoms with Gasteiger partial charge in [-0.3, -0.25) is 0 Å². The molecule has 1 heterocycles. The van der Waals surface area contributed by atoms with Gasteiger partial charge in [0, 0.05) is 26.6 Å². The molecule has 0 amide bonds. The van der Waals surface area contributed by atoms with E-state index in [2.05, 4.69) is 6.92 Å². The lowest BCUT2D eigenvalue weighted by Gasteiger charge is -2.39. The van der Waals surface area contributed by atoms with Crippen molar-refractivity contribution in [1.29, 1.82) is 0 Å².